The van der Waals surface area contributed by atoms with Crippen molar-refractivity contribution in [3.63, 3.8) is 0 Å². The van der Waals surface area contributed by atoms with E-state index in [1.807, 2.05) is 13.0 Å². The van der Waals surface area contributed by atoms with Gasteiger partial charge in [-0.1, -0.05) is 6.07 Å². The summed E-state index contributed by atoms with van der Waals surface area (Å²) in [6.45, 7) is 2.53. The quantitative estimate of drug-likeness (QED) is 0.607. The Morgan fingerprint density at radius 3 is 2.65 bits per heavy atom. The van der Waals surface area contributed by atoms with Crippen LogP contribution >= 0.6 is 0 Å². The average molecular weight is 490 g/mol. The molecule has 0 bridgehead atoms. The summed E-state index contributed by atoms with van der Waals surface area (Å²) in [5, 5.41) is 5.27. The molecule has 2 aliphatic rings. The number of anilines is 1. The lowest BCUT2D eigenvalue weighted by Gasteiger charge is -2.24. The fourth-order valence-corrected chi connectivity index (χ4v) is 5.68. The van der Waals surface area contributed by atoms with E-state index in [1.165, 1.54) is 23.5 Å². The van der Waals surface area contributed by atoms with Crippen LogP contribution in [0.4, 0.5) is 5.69 Å². The predicted molar refractivity (Wildman–Crippen MR) is 124 cm³/mol. The summed E-state index contributed by atoms with van der Waals surface area (Å²) in [5.41, 5.74) is 1.43. The molecule has 0 aromatic heterocycles. The molecule has 10 nitrogen and oxygen atoms in total. The second-order valence-electron chi connectivity index (χ2n) is 8.05. The highest BCUT2D eigenvalue weighted by molar-refractivity contribution is 7.89. The van der Waals surface area contributed by atoms with Crippen molar-refractivity contribution in [3.8, 4) is 17.2 Å². The largest absolute Gasteiger partial charge is 0.495 e. The number of ether oxygens (including phenoxy) is 3. The minimum atomic E-state index is -3.95. The molecule has 2 heterocycles. The van der Waals surface area contributed by atoms with Gasteiger partial charge in [-0.3, -0.25) is 9.59 Å². The van der Waals surface area contributed by atoms with Crippen LogP contribution in [0.2, 0.25) is 0 Å². The summed E-state index contributed by atoms with van der Waals surface area (Å²) in [6, 6.07) is 8.86. The first-order chi connectivity index (χ1) is 16.3. The van der Waals surface area contributed by atoms with E-state index in [2.05, 4.69) is 10.6 Å². The van der Waals surface area contributed by atoms with E-state index in [0.29, 0.717) is 49.0 Å². The van der Waals surface area contributed by atoms with Gasteiger partial charge in [-0.2, -0.15) is 4.31 Å². The number of methoxy groups -OCH3 is 1. The molecule has 1 fully saturated rings. The molecule has 2 N–H and O–H groups in total. The minimum Gasteiger partial charge on any atom is -0.495 e. The van der Waals surface area contributed by atoms with Crippen LogP contribution in [0.5, 0.6) is 17.2 Å². The van der Waals surface area contributed by atoms with Crippen molar-refractivity contribution in [1.29, 1.82) is 0 Å². The van der Waals surface area contributed by atoms with Crippen molar-refractivity contribution >= 4 is 27.5 Å². The number of sulfonamides is 1. The fourth-order valence-electron chi connectivity index (χ4n) is 4.01. The van der Waals surface area contributed by atoms with Gasteiger partial charge in [0.1, 0.15) is 25.0 Å². The topological polar surface area (TPSA) is 123 Å². The van der Waals surface area contributed by atoms with E-state index in [9.17, 15) is 18.0 Å². The standard InChI is InChI=1S/C23H27N3O7S/c1-15-5-7-19(31-2)17(12-15)25-22(27)14-24-23(28)18-4-3-9-26(18)34(29,30)16-6-8-20-21(13-16)33-11-10-32-20/h5-8,12-13,18H,3-4,9-11,14H2,1-2H3,(H,24,28)(H,25,27). The molecule has 2 aromatic carbocycles. The van der Waals surface area contributed by atoms with Gasteiger partial charge in [0.2, 0.25) is 21.8 Å². The first-order valence-corrected chi connectivity index (χ1v) is 12.4. The van der Waals surface area contributed by atoms with Crippen LogP contribution in [0.15, 0.2) is 41.3 Å². The summed E-state index contributed by atoms with van der Waals surface area (Å²) in [4.78, 5) is 25.3. The normalized spacial score (nSPS) is 17.8. The molecular formula is C23H27N3O7S. The van der Waals surface area contributed by atoms with Crippen LogP contribution in [-0.2, 0) is 19.6 Å². The molecule has 2 aromatic rings. The number of nitrogens with one attached hydrogen (secondary N) is 2. The van der Waals surface area contributed by atoms with Gasteiger partial charge in [0.15, 0.2) is 11.5 Å². The average Bonchev–Trinajstić information content (AvgIpc) is 3.33. The Morgan fingerprint density at radius 1 is 1.12 bits per heavy atom. The van der Waals surface area contributed by atoms with Gasteiger partial charge in [0.25, 0.3) is 0 Å². The number of fused-ring (bicyclic) bond motifs is 1. The predicted octanol–water partition coefficient (Wildman–Crippen LogP) is 1.68. The molecule has 2 amide bonds. The second-order valence-corrected chi connectivity index (χ2v) is 9.94. The number of benzene rings is 2. The van der Waals surface area contributed by atoms with Crippen LogP contribution < -0.4 is 24.8 Å². The maximum absolute atomic E-state index is 13.3. The second kappa shape index (κ2) is 9.90. The molecule has 11 heteroatoms. The highest BCUT2D eigenvalue weighted by atomic mass is 32.2. The zero-order chi connectivity index (χ0) is 24.3. The molecule has 34 heavy (non-hydrogen) atoms. The molecule has 0 aliphatic carbocycles. The van der Waals surface area contributed by atoms with E-state index in [0.717, 1.165) is 5.56 Å². The van der Waals surface area contributed by atoms with Gasteiger partial charge < -0.3 is 24.8 Å². The molecule has 182 valence electrons. The Kier molecular flexibility index (Phi) is 6.94. The number of amides is 2. The van der Waals surface area contributed by atoms with Crippen LogP contribution in [-0.4, -0.2) is 64.0 Å². The maximum atomic E-state index is 13.3. The van der Waals surface area contributed by atoms with Gasteiger partial charge in [-0.15, -0.1) is 0 Å². The van der Waals surface area contributed by atoms with Crippen molar-refractivity contribution < 1.29 is 32.2 Å². The molecule has 1 atom stereocenters. The van der Waals surface area contributed by atoms with Gasteiger partial charge in [-0.25, -0.2) is 8.42 Å². The van der Waals surface area contributed by atoms with Gasteiger partial charge in [-0.05, 0) is 49.6 Å². The van der Waals surface area contributed by atoms with Gasteiger partial charge in [0, 0.05) is 12.6 Å². The highest BCUT2D eigenvalue weighted by Gasteiger charge is 2.40. The number of hydrogen-bond acceptors (Lipinski definition) is 7. The van der Waals surface area contributed by atoms with Crippen LogP contribution in [0.1, 0.15) is 18.4 Å². The summed E-state index contributed by atoms with van der Waals surface area (Å²) in [7, 11) is -2.45. The summed E-state index contributed by atoms with van der Waals surface area (Å²) >= 11 is 0. The van der Waals surface area contributed by atoms with E-state index >= 15 is 0 Å². The summed E-state index contributed by atoms with van der Waals surface area (Å²) in [5.74, 6) is 0.368. The molecule has 1 saturated heterocycles. The first-order valence-electron chi connectivity index (χ1n) is 10.9. The zero-order valence-electron chi connectivity index (χ0n) is 19.0. The summed E-state index contributed by atoms with van der Waals surface area (Å²) < 4.78 is 43.9. The smallest absolute Gasteiger partial charge is 0.243 e. The van der Waals surface area contributed by atoms with Crippen molar-refractivity contribution in [2.24, 2.45) is 0 Å². The van der Waals surface area contributed by atoms with E-state index in [4.69, 9.17) is 14.2 Å². The lowest BCUT2D eigenvalue weighted by molar-refractivity contribution is -0.126. The molecule has 0 radical (unpaired) electrons. The SMILES string of the molecule is COc1ccc(C)cc1NC(=O)CNC(=O)C1CCCN1S(=O)(=O)c1ccc2c(c1)OCCO2. The first kappa shape index (κ1) is 23.8. The third kappa shape index (κ3) is 4.95. The Hall–Kier alpha value is -3.31. The molecular weight excluding hydrogens is 462 g/mol. The van der Waals surface area contributed by atoms with E-state index in [1.54, 1.807) is 18.2 Å². The van der Waals surface area contributed by atoms with Gasteiger partial charge >= 0.3 is 0 Å². The molecule has 1 unspecified atom stereocenters. The van der Waals surface area contributed by atoms with E-state index in [-0.39, 0.29) is 18.0 Å². The molecule has 0 saturated carbocycles. The van der Waals surface area contributed by atoms with E-state index < -0.39 is 27.9 Å². The van der Waals surface area contributed by atoms with Crippen molar-refractivity contribution in [1.82, 2.24) is 9.62 Å². The third-order valence-electron chi connectivity index (χ3n) is 5.68. The number of hydrogen-bond donors (Lipinski definition) is 2. The van der Waals surface area contributed by atoms with Crippen molar-refractivity contribution in [2.45, 2.75) is 30.7 Å². The number of rotatable bonds is 7. The van der Waals surface area contributed by atoms with Crippen molar-refractivity contribution in [3.05, 3.63) is 42.0 Å². The van der Waals surface area contributed by atoms with Crippen molar-refractivity contribution in [2.75, 3.05) is 38.7 Å². The van der Waals surface area contributed by atoms with Crippen LogP contribution in [0, 0.1) is 6.92 Å². The maximum Gasteiger partial charge on any atom is 0.243 e. The number of carbonyl (C=O) groups is 2. The Bertz CT molecular complexity index is 1200. The Balaban J connectivity index is 1.41. The molecule has 0 spiro atoms. The Morgan fingerprint density at radius 2 is 1.88 bits per heavy atom. The Labute approximate surface area is 198 Å². The molecule has 2 aliphatic heterocycles. The van der Waals surface area contributed by atoms with Gasteiger partial charge in [0.05, 0.1) is 24.2 Å². The minimum absolute atomic E-state index is 0.0285. The van der Waals surface area contributed by atoms with Crippen LogP contribution in [0.3, 0.4) is 0 Å². The molecule has 4 rings (SSSR count). The number of aryl methyl sites for hydroxylation is 1. The number of nitrogens with zero attached hydrogens (tertiary/aromatic N) is 1. The number of carbonyl (C=O) groups excluding carboxylic acids is 2. The lowest BCUT2D eigenvalue weighted by atomic mass is 10.2. The lowest BCUT2D eigenvalue weighted by Crippen LogP contribution is -2.47. The third-order valence-corrected chi connectivity index (χ3v) is 7.58. The zero-order valence-corrected chi connectivity index (χ0v) is 19.8. The van der Waals surface area contributed by atoms with Crippen LogP contribution in [0.25, 0.3) is 0 Å². The highest BCUT2D eigenvalue weighted by Crippen LogP contribution is 2.35. The fraction of sp³-hybridized carbons (Fsp3) is 0.391. The monoisotopic (exact) mass is 489 g/mol. The summed E-state index contributed by atoms with van der Waals surface area (Å²) in [6.07, 6.45) is 0.900.